The molecule has 0 aromatic carbocycles. The summed E-state index contributed by atoms with van der Waals surface area (Å²) >= 11 is 0. The number of nitrogens with two attached hydrogens (primary N) is 2. The van der Waals surface area contributed by atoms with Gasteiger partial charge in [-0.3, -0.25) is 24.0 Å². The lowest BCUT2D eigenvalue weighted by Gasteiger charge is -2.24. The number of carboxylic acids is 2. The van der Waals surface area contributed by atoms with Gasteiger partial charge in [0.2, 0.25) is 23.6 Å². The highest BCUT2D eigenvalue weighted by molar-refractivity contribution is 5.96. The summed E-state index contributed by atoms with van der Waals surface area (Å²) in [6.45, 7) is 2.15. The minimum absolute atomic E-state index is 0.501. The lowest BCUT2D eigenvalue weighted by molar-refractivity contribution is -0.144. The van der Waals surface area contributed by atoms with Crippen molar-refractivity contribution in [3.05, 3.63) is 0 Å². The fourth-order valence-electron chi connectivity index (χ4n) is 2.20. The van der Waals surface area contributed by atoms with Crippen LogP contribution in [0.5, 0.6) is 0 Å². The Morgan fingerprint density at radius 1 is 0.833 bits per heavy atom. The molecule has 0 spiro atoms. The van der Waals surface area contributed by atoms with Crippen molar-refractivity contribution in [3.8, 4) is 0 Å². The number of primary amides is 1. The van der Waals surface area contributed by atoms with E-state index in [1.807, 2.05) is 0 Å². The van der Waals surface area contributed by atoms with Gasteiger partial charge in [-0.1, -0.05) is 13.8 Å². The first-order valence-electron chi connectivity index (χ1n) is 8.80. The smallest absolute Gasteiger partial charge is 0.326 e. The standard InChI is InChI=1S/C16H27N5O9/c1-6(2)12(16(29)30)21-15(28)9(5-22)20-14(27)8(4-10(18)23)19-13(26)7(17)3-11(24)25/h6-9,12,22H,3-5,17H2,1-2H3,(H2,18,23)(H,19,26)(H,20,27)(H,21,28)(H,24,25)(H,29,30). The van der Waals surface area contributed by atoms with E-state index in [2.05, 4.69) is 16.0 Å². The predicted octanol–water partition coefficient (Wildman–Crippen LogP) is -4.15. The average molecular weight is 433 g/mol. The molecule has 0 aliphatic heterocycles. The van der Waals surface area contributed by atoms with Gasteiger partial charge in [-0.05, 0) is 5.92 Å². The molecule has 0 aliphatic rings. The number of amides is 4. The van der Waals surface area contributed by atoms with Crippen LogP contribution < -0.4 is 27.4 Å². The highest BCUT2D eigenvalue weighted by Crippen LogP contribution is 2.03. The van der Waals surface area contributed by atoms with Crippen LogP contribution >= 0.6 is 0 Å². The number of rotatable bonds is 13. The molecule has 0 aliphatic carbocycles. The topological polar surface area (TPSA) is 251 Å². The van der Waals surface area contributed by atoms with E-state index in [9.17, 15) is 33.9 Å². The van der Waals surface area contributed by atoms with Crippen LogP contribution in [0.15, 0.2) is 0 Å². The molecule has 0 aromatic heterocycles. The number of aliphatic hydroxyl groups excluding tert-OH is 1. The van der Waals surface area contributed by atoms with E-state index < -0.39 is 85.1 Å². The lowest BCUT2D eigenvalue weighted by Crippen LogP contribution is -2.59. The van der Waals surface area contributed by atoms with Crippen LogP contribution in [0.2, 0.25) is 0 Å². The number of carbonyl (C=O) groups excluding carboxylic acids is 4. The number of carboxylic acid groups (broad SMARTS) is 2. The summed E-state index contributed by atoms with van der Waals surface area (Å²) in [5, 5.41) is 33.4. The number of nitrogens with one attached hydrogen (secondary N) is 3. The molecule has 30 heavy (non-hydrogen) atoms. The molecular weight excluding hydrogens is 406 g/mol. The molecule has 4 unspecified atom stereocenters. The Morgan fingerprint density at radius 2 is 1.33 bits per heavy atom. The fraction of sp³-hybridized carbons (Fsp3) is 0.625. The summed E-state index contributed by atoms with van der Waals surface area (Å²) in [6, 6.07) is -6.03. The first-order chi connectivity index (χ1) is 13.8. The minimum atomic E-state index is -1.61. The predicted molar refractivity (Wildman–Crippen MR) is 99.4 cm³/mol. The maximum absolute atomic E-state index is 12.4. The van der Waals surface area contributed by atoms with E-state index in [-0.39, 0.29) is 0 Å². The molecule has 0 radical (unpaired) electrons. The number of carbonyl (C=O) groups is 6. The molecular formula is C16H27N5O9. The summed E-state index contributed by atoms with van der Waals surface area (Å²) in [4.78, 5) is 69.5. The monoisotopic (exact) mass is 433 g/mol. The molecule has 0 heterocycles. The van der Waals surface area contributed by atoms with Gasteiger partial charge in [0.25, 0.3) is 0 Å². The van der Waals surface area contributed by atoms with Crippen molar-refractivity contribution in [1.82, 2.24) is 16.0 Å². The highest BCUT2D eigenvalue weighted by atomic mass is 16.4. The number of aliphatic hydroxyl groups is 1. The Hall–Kier alpha value is -3.26. The van der Waals surface area contributed by atoms with E-state index >= 15 is 0 Å². The van der Waals surface area contributed by atoms with Crippen molar-refractivity contribution >= 4 is 35.6 Å². The van der Waals surface area contributed by atoms with Crippen LogP contribution in [0.25, 0.3) is 0 Å². The Balaban J connectivity index is 5.27. The second-order valence-corrected chi connectivity index (χ2v) is 6.75. The van der Waals surface area contributed by atoms with Crippen molar-refractivity contribution < 1.29 is 44.1 Å². The summed E-state index contributed by atoms with van der Waals surface area (Å²) in [5.74, 6) is -7.38. The zero-order valence-corrected chi connectivity index (χ0v) is 16.5. The zero-order chi connectivity index (χ0) is 23.6. The van der Waals surface area contributed by atoms with Crippen LogP contribution in [0, 0.1) is 5.92 Å². The van der Waals surface area contributed by atoms with Crippen molar-refractivity contribution in [3.63, 3.8) is 0 Å². The summed E-state index contributed by atoms with van der Waals surface area (Å²) in [5.41, 5.74) is 10.4. The molecule has 0 rings (SSSR count). The third-order valence-corrected chi connectivity index (χ3v) is 3.82. The molecule has 0 saturated heterocycles. The van der Waals surface area contributed by atoms with Crippen molar-refractivity contribution in [2.45, 2.75) is 50.9 Å². The van der Waals surface area contributed by atoms with Gasteiger partial charge in [-0.2, -0.15) is 0 Å². The molecule has 4 amide bonds. The van der Waals surface area contributed by atoms with Crippen LogP contribution in [-0.4, -0.2) is 81.7 Å². The second-order valence-electron chi connectivity index (χ2n) is 6.75. The summed E-state index contributed by atoms with van der Waals surface area (Å²) in [6.07, 6.45) is -1.45. The minimum Gasteiger partial charge on any atom is -0.481 e. The van der Waals surface area contributed by atoms with Gasteiger partial charge in [0.05, 0.1) is 25.5 Å². The van der Waals surface area contributed by atoms with E-state index in [0.717, 1.165) is 0 Å². The zero-order valence-electron chi connectivity index (χ0n) is 16.5. The van der Waals surface area contributed by atoms with Gasteiger partial charge in [-0.25, -0.2) is 4.79 Å². The van der Waals surface area contributed by atoms with Crippen LogP contribution in [-0.2, 0) is 28.8 Å². The molecule has 0 aromatic rings. The molecule has 170 valence electrons. The van der Waals surface area contributed by atoms with Crippen molar-refractivity contribution in [2.75, 3.05) is 6.61 Å². The SMILES string of the molecule is CC(C)C(NC(=O)C(CO)NC(=O)C(CC(N)=O)NC(=O)C(N)CC(=O)O)C(=O)O. The maximum atomic E-state index is 12.4. The maximum Gasteiger partial charge on any atom is 0.326 e. The Bertz CT molecular complexity index is 682. The Labute approximate surface area is 171 Å². The van der Waals surface area contributed by atoms with E-state index in [0.29, 0.717) is 0 Å². The summed E-state index contributed by atoms with van der Waals surface area (Å²) < 4.78 is 0. The molecule has 0 fully saturated rings. The van der Waals surface area contributed by atoms with Crippen LogP contribution in [0.1, 0.15) is 26.7 Å². The van der Waals surface area contributed by atoms with Crippen LogP contribution in [0.4, 0.5) is 0 Å². The quantitative estimate of drug-likeness (QED) is 0.139. The molecule has 10 N–H and O–H groups in total. The van der Waals surface area contributed by atoms with Gasteiger partial charge >= 0.3 is 11.9 Å². The molecule has 0 saturated carbocycles. The molecule has 14 heteroatoms. The van der Waals surface area contributed by atoms with Gasteiger partial charge in [0.15, 0.2) is 0 Å². The lowest BCUT2D eigenvalue weighted by atomic mass is 10.0. The van der Waals surface area contributed by atoms with Crippen LogP contribution in [0.3, 0.4) is 0 Å². The number of hydrogen-bond acceptors (Lipinski definition) is 8. The number of aliphatic carboxylic acids is 2. The highest BCUT2D eigenvalue weighted by Gasteiger charge is 2.31. The van der Waals surface area contributed by atoms with Gasteiger partial charge in [0, 0.05) is 0 Å². The van der Waals surface area contributed by atoms with E-state index in [1.165, 1.54) is 13.8 Å². The molecule has 0 bridgehead atoms. The van der Waals surface area contributed by atoms with Crippen molar-refractivity contribution in [1.29, 1.82) is 0 Å². The van der Waals surface area contributed by atoms with Gasteiger partial charge in [0.1, 0.15) is 18.1 Å². The third-order valence-electron chi connectivity index (χ3n) is 3.82. The van der Waals surface area contributed by atoms with Gasteiger partial charge < -0.3 is 42.7 Å². The first kappa shape index (κ1) is 26.7. The Morgan fingerprint density at radius 3 is 1.73 bits per heavy atom. The number of hydrogen-bond donors (Lipinski definition) is 8. The van der Waals surface area contributed by atoms with Crippen molar-refractivity contribution in [2.24, 2.45) is 17.4 Å². The molecule has 4 atom stereocenters. The average Bonchev–Trinajstić information content (AvgIpc) is 2.61. The normalized spacial score (nSPS) is 14.7. The van der Waals surface area contributed by atoms with Gasteiger partial charge in [-0.15, -0.1) is 0 Å². The second kappa shape index (κ2) is 12.3. The van der Waals surface area contributed by atoms with E-state index in [1.54, 1.807) is 0 Å². The first-order valence-corrected chi connectivity index (χ1v) is 8.80. The summed E-state index contributed by atoms with van der Waals surface area (Å²) in [7, 11) is 0. The third kappa shape index (κ3) is 9.29. The molecule has 14 nitrogen and oxygen atoms in total. The largest absolute Gasteiger partial charge is 0.481 e. The van der Waals surface area contributed by atoms with E-state index in [4.69, 9.17) is 21.7 Å². The Kier molecular flexibility index (Phi) is 11.0. The fourth-order valence-corrected chi connectivity index (χ4v) is 2.20.